The smallest absolute Gasteiger partial charge is 0.0927 e. The molecule has 0 saturated carbocycles. The molecule has 0 fully saturated rings. The molecule has 2 rings (SSSR count). The molecular formula is C14H17Cl2N3. The summed E-state index contributed by atoms with van der Waals surface area (Å²) < 4.78 is 0. The Kier molecular flexibility index (Phi) is 4.19. The van der Waals surface area contributed by atoms with Gasteiger partial charge in [-0.3, -0.25) is 4.98 Å². The molecule has 0 atom stereocenters. The van der Waals surface area contributed by atoms with Crippen molar-refractivity contribution in [3.63, 3.8) is 0 Å². The number of halogens is 2. The van der Waals surface area contributed by atoms with E-state index in [1.807, 2.05) is 34.1 Å². The van der Waals surface area contributed by atoms with Gasteiger partial charge in [-0.05, 0) is 26.1 Å². The van der Waals surface area contributed by atoms with Gasteiger partial charge >= 0.3 is 0 Å². The van der Waals surface area contributed by atoms with Gasteiger partial charge in [-0.2, -0.15) is 0 Å². The predicted molar refractivity (Wildman–Crippen MR) is 83.6 cm³/mol. The normalized spacial score (nSPS) is 11.1. The van der Waals surface area contributed by atoms with E-state index in [0.717, 1.165) is 34.4 Å². The topological polar surface area (TPSA) is 28.2 Å². The lowest BCUT2D eigenvalue weighted by Crippen LogP contribution is -2.17. The van der Waals surface area contributed by atoms with Gasteiger partial charge in [0.15, 0.2) is 0 Å². The van der Waals surface area contributed by atoms with Gasteiger partial charge in [0.25, 0.3) is 0 Å². The summed E-state index contributed by atoms with van der Waals surface area (Å²) in [5, 5.41) is 5.39. The molecule has 0 aliphatic carbocycles. The minimum atomic E-state index is 0.626. The summed E-state index contributed by atoms with van der Waals surface area (Å²) in [7, 11) is 5.93. The zero-order valence-corrected chi connectivity index (χ0v) is 13.0. The number of fused-ring (bicyclic) bond motifs is 1. The van der Waals surface area contributed by atoms with Crippen LogP contribution in [-0.4, -0.2) is 26.1 Å². The second-order valence-electron chi connectivity index (χ2n) is 4.70. The highest BCUT2D eigenvalue weighted by Crippen LogP contribution is 2.38. The van der Waals surface area contributed by atoms with E-state index in [4.69, 9.17) is 23.2 Å². The summed E-state index contributed by atoms with van der Waals surface area (Å²) in [6.45, 7) is 2.74. The van der Waals surface area contributed by atoms with Gasteiger partial charge in [0.2, 0.25) is 0 Å². The number of aromatic nitrogens is 1. The summed E-state index contributed by atoms with van der Waals surface area (Å²) in [5.41, 5.74) is 3.94. The second-order valence-corrected chi connectivity index (χ2v) is 5.52. The third-order valence-corrected chi connectivity index (χ3v) is 3.74. The first-order valence-corrected chi connectivity index (χ1v) is 6.82. The van der Waals surface area contributed by atoms with Crippen molar-refractivity contribution in [2.75, 3.05) is 26.0 Å². The van der Waals surface area contributed by atoms with Crippen LogP contribution in [0.25, 0.3) is 10.9 Å². The third kappa shape index (κ3) is 2.50. The van der Waals surface area contributed by atoms with Crippen LogP contribution in [0.1, 0.15) is 11.3 Å². The molecule has 0 bridgehead atoms. The Morgan fingerprint density at radius 1 is 1.21 bits per heavy atom. The number of rotatable bonds is 3. The molecule has 0 aliphatic rings. The fraction of sp³-hybridized carbons (Fsp3) is 0.357. The highest BCUT2D eigenvalue weighted by atomic mass is 35.5. The maximum absolute atomic E-state index is 6.36. The lowest BCUT2D eigenvalue weighted by molar-refractivity contribution is 0.804. The number of benzene rings is 1. The van der Waals surface area contributed by atoms with Gasteiger partial charge in [-0.1, -0.05) is 23.2 Å². The van der Waals surface area contributed by atoms with Crippen LogP contribution in [0.2, 0.25) is 10.0 Å². The summed E-state index contributed by atoms with van der Waals surface area (Å²) in [6.07, 6.45) is 0. The average molecular weight is 298 g/mol. The van der Waals surface area contributed by atoms with Gasteiger partial charge in [0, 0.05) is 37.3 Å². The van der Waals surface area contributed by atoms with Crippen molar-refractivity contribution in [2.45, 2.75) is 13.5 Å². The summed E-state index contributed by atoms with van der Waals surface area (Å²) in [6, 6.07) is 3.61. The van der Waals surface area contributed by atoms with Gasteiger partial charge in [0.05, 0.1) is 21.2 Å². The maximum atomic E-state index is 6.36. The van der Waals surface area contributed by atoms with Crippen LogP contribution in [0.3, 0.4) is 0 Å². The molecule has 1 aromatic heterocycles. The quantitative estimate of drug-likeness (QED) is 0.937. The average Bonchev–Trinajstić information content (AvgIpc) is 2.35. The van der Waals surface area contributed by atoms with E-state index in [-0.39, 0.29) is 0 Å². The Bertz CT molecular complexity index is 624. The lowest BCUT2D eigenvalue weighted by atomic mass is 10.0. The molecule has 102 valence electrons. The predicted octanol–water partition coefficient (Wildman–Crippen LogP) is 3.64. The van der Waals surface area contributed by atoms with Crippen molar-refractivity contribution in [1.29, 1.82) is 0 Å². The number of aryl methyl sites for hydroxylation is 1. The summed E-state index contributed by atoms with van der Waals surface area (Å²) in [5.74, 6) is 0. The highest BCUT2D eigenvalue weighted by molar-refractivity contribution is 6.41. The van der Waals surface area contributed by atoms with E-state index in [1.54, 1.807) is 6.07 Å². The van der Waals surface area contributed by atoms with E-state index in [2.05, 4.69) is 15.2 Å². The van der Waals surface area contributed by atoms with E-state index in [1.165, 1.54) is 0 Å². The highest BCUT2D eigenvalue weighted by Gasteiger charge is 2.17. The van der Waals surface area contributed by atoms with Crippen LogP contribution >= 0.6 is 23.2 Å². The van der Waals surface area contributed by atoms with Gasteiger partial charge in [0.1, 0.15) is 0 Å². The molecular weight excluding hydrogens is 281 g/mol. The fourth-order valence-corrected chi connectivity index (χ4v) is 2.76. The molecule has 2 aromatic rings. The molecule has 0 radical (unpaired) electrons. The Morgan fingerprint density at radius 2 is 1.84 bits per heavy atom. The van der Waals surface area contributed by atoms with Crippen LogP contribution in [-0.2, 0) is 6.54 Å². The van der Waals surface area contributed by atoms with Gasteiger partial charge in [-0.15, -0.1) is 0 Å². The number of hydrogen-bond donors (Lipinski definition) is 1. The molecule has 1 N–H and O–H groups in total. The standard InChI is InChI=1S/C14H17Cl2N3/c1-8-9(7-17-2)14(19(3)4)12-10(15)5-6-11(16)13(12)18-8/h5-6,17H,7H2,1-4H3. The SMILES string of the molecule is CNCc1c(C)nc2c(Cl)ccc(Cl)c2c1N(C)C. The van der Waals surface area contributed by atoms with E-state index in [9.17, 15) is 0 Å². The molecule has 5 heteroatoms. The molecule has 0 amide bonds. The molecule has 3 nitrogen and oxygen atoms in total. The second kappa shape index (κ2) is 5.53. The molecule has 0 unspecified atom stereocenters. The first kappa shape index (κ1) is 14.4. The van der Waals surface area contributed by atoms with Gasteiger partial charge < -0.3 is 10.2 Å². The van der Waals surface area contributed by atoms with Crippen molar-refractivity contribution in [3.8, 4) is 0 Å². The van der Waals surface area contributed by atoms with Crippen LogP contribution in [0.15, 0.2) is 12.1 Å². The number of nitrogens with zero attached hydrogens (tertiary/aromatic N) is 2. The molecule has 19 heavy (non-hydrogen) atoms. The lowest BCUT2D eigenvalue weighted by Gasteiger charge is -2.22. The van der Waals surface area contributed by atoms with Crippen molar-refractivity contribution in [1.82, 2.24) is 10.3 Å². The molecule has 0 aliphatic heterocycles. The van der Waals surface area contributed by atoms with Gasteiger partial charge in [-0.25, -0.2) is 0 Å². The van der Waals surface area contributed by atoms with Crippen molar-refractivity contribution >= 4 is 39.8 Å². The van der Waals surface area contributed by atoms with Crippen molar-refractivity contribution in [2.24, 2.45) is 0 Å². The number of hydrogen-bond acceptors (Lipinski definition) is 3. The van der Waals surface area contributed by atoms with Crippen molar-refractivity contribution in [3.05, 3.63) is 33.4 Å². The molecule has 1 heterocycles. The monoisotopic (exact) mass is 297 g/mol. The van der Waals surface area contributed by atoms with Crippen LogP contribution < -0.4 is 10.2 Å². The molecule has 0 saturated heterocycles. The maximum Gasteiger partial charge on any atom is 0.0927 e. The number of pyridine rings is 1. The Hall–Kier alpha value is -1.03. The Morgan fingerprint density at radius 3 is 2.42 bits per heavy atom. The van der Waals surface area contributed by atoms with Crippen LogP contribution in [0, 0.1) is 6.92 Å². The number of nitrogens with one attached hydrogen (secondary N) is 1. The van der Waals surface area contributed by atoms with E-state index >= 15 is 0 Å². The zero-order valence-electron chi connectivity index (χ0n) is 11.5. The third-order valence-electron chi connectivity index (χ3n) is 3.12. The molecule has 1 aromatic carbocycles. The molecule has 0 spiro atoms. The Balaban J connectivity index is 2.94. The fourth-order valence-electron chi connectivity index (χ4n) is 2.32. The summed E-state index contributed by atoms with van der Waals surface area (Å²) in [4.78, 5) is 6.68. The zero-order chi connectivity index (χ0) is 14.2. The van der Waals surface area contributed by atoms with Crippen molar-refractivity contribution < 1.29 is 0 Å². The number of anilines is 1. The first-order chi connectivity index (χ1) is 8.97. The largest absolute Gasteiger partial charge is 0.377 e. The first-order valence-electron chi connectivity index (χ1n) is 6.06. The summed E-state index contributed by atoms with van der Waals surface area (Å²) >= 11 is 12.6. The van der Waals surface area contributed by atoms with E-state index < -0.39 is 0 Å². The minimum absolute atomic E-state index is 0.626. The minimum Gasteiger partial charge on any atom is -0.377 e. The van der Waals surface area contributed by atoms with Crippen LogP contribution in [0.4, 0.5) is 5.69 Å². The van der Waals surface area contributed by atoms with E-state index in [0.29, 0.717) is 10.0 Å². The Labute approximate surface area is 123 Å². The van der Waals surface area contributed by atoms with Crippen LogP contribution in [0.5, 0.6) is 0 Å².